The number of ether oxygens (including phenoxy) is 1. The summed E-state index contributed by atoms with van der Waals surface area (Å²) >= 11 is 0. The Bertz CT molecular complexity index is 392. The van der Waals surface area contributed by atoms with Crippen molar-refractivity contribution in [2.75, 3.05) is 27.2 Å². The lowest BCUT2D eigenvalue weighted by Crippen LogP contribution is -2.38. The first-order valence-corrected chi connectivity index (χ1v) is 5.71. The minimum Gasteiger partial charge on any atom is -0.459 e. The van der Waals surface area contributed by atoms with E-state index in [-0.39, 0.29) is 25.6 Å². The number of likely N-dealkylation sites (N-methyl/N-ethyl adjacent to an activating group) is 2. The molecule has 1 aromatic carbocycles. The zero-order valence-corrected chi connectivity index (χ0v) is 10.7. The Balaban J connectivity index is 2.31. The molecule has 0 spiro atoms. The van der Waals surface area contributed by atoms with Crippen molar-refractivity contribution in [2.24, 2.45) is 0 Å². The topological polar surface area (TPSA) is 58.6 Å². The molecule has 0 saturated carbocycles. The molecule has 98 valence electrons. The van der Waals surface area contributed by atoms with Crippen LogP contribution in [0.5, 0.6) is 0 Å². The van der Waals surface area contributed by atoms with Crippen molar-refractivity contribution in [1.29, 1.82) is 0 Å². The molecule has 0 radical (unpaired) electrons. The quantitative estimate of drug-likeness (QED) is 0.743. The second kappa shape index (κ2) is 7.45. The minimum atomic E-state index is -0.411. The van der Waals surface area contributed by atoms with E-state index in [4.69, 9.17) is 4.74 Å². The first kappa shape index (κ1) is 14.2. The molecule has 0 aromatic heterocycles. The number of carbonyl (C=O) groups is 2. The van der Waals surface area contributed by atoms with Crippen molar-refractivity contribution in [3.63, 3.8) is 0 Å². The number of hydrogen-bond donors (Lipinski definition) is 1. The zero-order chi connectivity index (χ0) is 13.4. The predicted molar refractivity (Wildman–Crippen MR) is 67.8 cm³/mol. The normalized spacial score (nSPS) is 9.89. The lowest BCUT2D eigenvalue weighted by atomic mass is 10.2. The van der Waals surface area contributed by atoms with Crippen LogP contribution in [-0.4, -0.2) is 44.0 Å². The Labute approximate surface area is 107 Å². The molecular formula is C13H18N2O3. The number of nitrogens with one attached hydrogen (secondary N) is 1. The molecule has 0 aliphatic carbocycles. The molecule has 0 bridgehead atoms. The van der Waals surface area contributed by atoms with Gasteiger partial charge in [-0.15, -0.1) is 0 Å². The molecule has 0 aliphatic rings. The second-order valence-electron chi connectivity index (χ2n) is 3.93. The highest BCUT2D eigenvalue weighted by atomic mass is 16.5. The maximum atomic E-state index is 11.5. The largest absolute Gasteiger partial charge is 0.459 e. The number of hydrogen-bond acceptors (Lipinski definition) is 4. The third-order valence-electron chi connectivity index (χ3n) is 2.36. The molecule has 1 N–H and O–H groups in total. The Morgan fingerprint density at radius 2 is 1.94 bits per heavy atom. The van der Waals surface area contributed by atoms with Crippen molar-refractivity contribution < 1.29 is 14.3 Å². The van der Waals surface area contributed by atoms with Crippen molar-refractivity contribution in [2.45, 2.75) is 6.61 Å². The van der Waals surface area contributed by atoms with Gasteiger partial charge in [0.25, 0.3) is 0 Å². The lowest BCUT2D eigenvalue weighted by Gasteiger charge is -2.15. The van der Waals surface area contributed by atoms with Gasteiger partial charge in [-0.1, -0.05) is 30.3 Å². The summed E-state index contributed by atoms with van der Waals surface area (Å²) in [7, 11) is 3.25. The van der Waals surface area contributed by atoms with E-state index in [1.165, 1.54) is 4.90 Å². The highest BCUT2D eigenvalue weighted by Crippen LogP contribution is 2.00. The third-order valence-corrected chi connectivity index (χ3v) is 2.36. The zero-order valence-electron chi connectivity index (χ0n) is 10.7. The number of esters is 1. The fourth-order valence-electron chi connectivity index (χ4n) is 1.35. The maximum Gasteiger partial charge on any atom is 0.325 e. The molecule has 0 heterocycles. The number of amides is 1. The minimum absolute atomic E-state index is 0.0344. The van der Waals surface area contributed by atoms with Crippen LogP contribution >= 0.6 is 0 Å². The summed E-state index contributed by atoms with van der Waals surface area (Å²) in [5, 5.41) is 2.74. The van der Waals surface area contributed by atoms with Crippen LogP contribution in [0.1, 0.15) is 5.56 Å². The van der Waals surface area contributed by atoms with Crippen molar-refractivity contribution in [3.8, 4) is 0 Å². The van der Waals surface area contributed by atoms with Gasteiger partial charge in [0.1, 0.15) is 13.2 Å². The molecule has 5 nitrogen and oxygen atoms in total. The molecule has 0 saturated heterocycles. The SMILES string of the molecule is CNCC(=O)N(C)CC(=O)OCc1ccccc1. The van der Waals surface area contributed by atoms with Crippen molar-refractivity contribution >= 4 is 11.9 Å². The van der Waals surface area contributed by atoms with Gasteiger partial charge in [-0.25, -0.2) is 0 Å². The van der Waals surface area contributed by atoms with Gasteiger partial charge in [-0.2, -0.15) is 0 Å². The summed E-state index contributed by atoms with van der Waals surface area (Å²) in [6, 6.07) is 9.42. The van der Waals surface area contributed by atoms with E-state index in [2.05, 4.69) is 5.32 Å². The average molecular weight is 250 g/mol. The number of benzene rings is 1. The third kappa shape index (κ3) is 4.97. The maximum absolute atomic E-state index is 11.5. The molecule has 1 amide bonds. The first-order chi connectivity index (χ1) is 8.63. The highest BCUT2D eigenvalue weighted by molar-refractivity contribution is 5.83. The first-order valence-electron chi connectivity index (χ1n) is 5.71. The molecule has 0 unspecified atom stereocenters. The van der Waals surface area contributed by atoms with E-state index in [1.807, 2.05) is 30.3 Å². The van der Waals surface area contributed by atoms with Crippen molar-refractivity contribution in [3.05, 3.63) is 35.9 Å². The average Bonchev–Trinajstić information content (AvgIpc) is 2.38. The van der Waals surface area contributed by atoms with Gasteiger partial charge in [0.2, 0.25) is 5.91 Å². The van der Waals surface area contributed by atoms with Gasteiger partial charge >= 0.3 is 5.97 Å². The molecule has 1 aromatic rings. The van der Waals surface area contributed by atoms with Gasteiger partial charge in [0.05, 0.1) is 6.54 Å². The summed E-state index contributed by atoms with van der Waals surface area (Å²) in [6.45, 7) is 0.406. The summed E-state index contributed by atoms with van der Waals surface area (Å²) in [5.74, 6) is -0.556. The molecular weight excluding hydrogens is 232 g/mol. The predicted octanol–water partition coefficient (Wildman–Crippen LogP) is 0.408. The van der Waals surface area contributed by atoms with Crippen molar-refractivity contribution in [1.82, 2.24) is 10.2 Å². The van der Waals surface area contributed by atoms with E-state index < -0.39 is 5.97 Å². The summed E-state index contributed by atoms with van der Waals surface area (Å²) in [6.07, 6.45) is 0. The monoisotopic (exact) mass is 250 g/mol. The Morgan fingerprint density at radius 1 is 1.28 bits per heavy atom. The Morgan fingerprint density at radius 3 is 2.56 bits per heavy atom. The van der Waals surface area contributed by atoms with Gasteiger partial charge in [0.15, 0.2) is 0 Å². The molecule has 18 heavy (non-hydrogen) atoms. The van der Waals surface area contributed by atoms with Gasteiger partial charge in [-0.3, -0.25) is 9.59 Å². The molecule has 5 heteroatoms. The number of rotatable bonds is 6. The van der Waals surface area contributed by atoms with Crippen LogP contribution in [0.4, 0.5) is 0 Å². The fraction of sp³-hybridized carbons (Fsp3) is 0.385. The fourth-order valence-corrected chi connectivity index (χ4v) is 1.35. The van der Waals surface area contributed by atoms with Crippen LogP contribution in [0.15, 0.2) is 30.3 Å². The highest BCUT2D eigenvalue weighted by Gasteiger charge is 2.12. The van der Waals surface area contributed by atoms with Crippen LogP contribution in [0.25, 0.3) is 0 Å². The van der Waals surface area contributed by atoms with Crippen LogP contribution in [0, 0.1) is 0 Å². The molecule has 0 aliphatic heterocycles. The number of carbonyl (C=O) groups excluding carboxylic acids is 2. The van der Waals surface area contributed by atoms with E-state index >= 15 is 0 Å². The van der Waals surface area contributed by atoms with Crippen LogP contribution in [0.3, 0.4) is 0 Å². The molecule has 0 fully saturated rings. The molecule has 1 rings (SSSR count). The van der Waals surface area contributed by atoms with Crippen LogP contribution < -0.4 is 5.32 Å². The van der Waals surface area contributed by atoms with E-state index in [9.17, 15) is 9.59 Å². The summed E-state index contributed by atoms with van der Waals surface area (Å²) in [4.78, 5) is 24.2. The van der Waals surface area contributed by atoms with E-state index in [0.29, 0.717) is 0 Å². The van der Waals surface area contributed by atoms with Gasteiger partial charge < -0.3 is 15.0 Å². The lowest BCUT2D eigenvalue weighted by molar-refractivity contribution is -0.149. The Hall–Kier alpha value is -1.88. The van der Waals surface area contributed by atoms with E-state index in [1.54, 1.807) is 14.1 Å². The Kier molecular flexibility index (Phi) is 5.87. The van der Waals surface area contributed by atoms with Crippen LogP contribution in [0.2, 0.25) is 0 Å². The van der Waals surface area contributed by atoms with E-state index in [0.717, 1.165) is 5.56 Å². The standard InChI is InChI=1S/C13H18N2O3/c1-14-8-12(16)15(2)9-13(17)18-10-11-6-4-3-5-7-11/h3-7,14H,8-10H2,1-2H3. The summed E-state index contributed by atoms with van der Waals surface area (Å²) in [5.41, 5.74) is 0.926. The second-order valence-corrected chi connectivity index (χ2v) is 3.93. The number of nitrogens with zero attached hydrogens (tertiary/aromatic N) is 1. The van der Waals surface area contributed by atoms with Gasteiger partial charge in [0, 0.05) is 7.05 Å². The summed E-state index contributed by atoms with van der Waals surface area (Å²) < 4.78 is 5.07. The van der Waals surface area contributed by atoms with Gasteiger partial charge in [-0.05, 0) is 12.6 Å². The smallest absolute Gasteiger partial charge is 0.325 e. The molecule has 0 atom stereocenters. The van der Waals surface area contributed by atoms with Crippen LogP contribution in [-0.2, 0) is 20.9 Å².